The maximum atomic E-state index is 13.5. The Bertz CT molecular complexity index is 1190. The van der Waals surface area contributed by atoms with Crippen molar-refractivity contribution in [2.45, 2.75) is 79.7 Å². The predicted molar refractivity (Wildman–Crippen MR) is 140 cm³/mol. The van der Waals surface area contributed by atoms with Gasteiger partial charge in [0.2, 0.25) is 0 Å². The molecule has 0 saturated carbocycles. The van der Waals surface area contributed by atoms with Crippen LogP contribution in [0.2, 0.25) is 0 Å². The molecule has 3 fully saturated rings. The maximum absolute atomic E-state index is 13.5. The van der Waals surface area contributed by atoms with Gasteiger partial charge in [-0.05, 0) is 81.1 Å². The first-order valence-corrected chi connectivity index (χ1v) is 15.5. The second-order valence-electron chi connectivity index (χ2n) is 10.8. The molecule has 4 aliphatic heterocycles. The number of carbonyl (C=O) groups is 1. The van der Waals surface area contributed by atoms with E-state index in [1.807, 2.05) is 29.3 Å². The summed E-state index contributed by atoms with van der Waals surface area (Å²) in [5.74, 6) is 0. The number of hydrogen-bond donors (Lipinski definition) is 0. The van der Waals surface area contributed by atoms with Crippen LogP contribution in [-0.2, 0) is 26.7 Å². The van der Waals surface area contributed by atoms with Gasteiger partial charge in [0, 0.05) is 36.6 Å². The Kier molecular flexibility index (Phi) is 6.38. The molecule has 36 heavy (non-hydrogen) atoms. The van der Waals surface area contributed by atoms with Crippen LogP contribution in [0.5, 0.6) is 0 Å². The highest BCUT2D eigenvalue weighted by atomic mass is 32.2. The lowest BCUT2D eigenvalue weighted by Gasteiger charge is -2.51. The van der Waals surface area contributed by atoms with Crippen LogP contribution in [0.15, 0.2) is 46.0 Å². The molecule has 9 heteroatoms. The number of rotatable bonds is 4. The molecule has 0 aliphatic carbocycles. The highest BCUT2D eigenvalue weighted by molar-refractivity contribution is 7.91. The molecule has 5 heterocycles. The summed E-state index contributed by atoms with van der Waals surface area (Å²) in [6.07, 6.45) is 5.92. The van der Waals surface area contributed by atoms with Crippen molar-refractivity contribution in [3.05, 3.63) is 52.9 Å². The normalized spacial score (nSPS) is 28.2. The van der Waals surface area contributed by atoms with E-state index < -0.39 is 10.0 Å². The lowest BCUT2D eigenvalue weighted by molar-refractivity contribution is 0.0237. The van der Waals surface area contributed by atoms with E-state index in [0.717, 1.165) is 57.2 Å². The molecule has 0 N–H and O–H groups in total. The molecule has 1 aromatic carbocycles. The largest absolute Gasteiger partial charge is 0.450 e. The summed E-state index contributed by atoms with van der Waals surface area (Å²) in [6.45, 7) is 5.21. The van der Waals surface area contributed by atoms with Crippen LogP contribution < -0.4 is 0 Å². The fourth-order valence-corrected chi connectivity index (χ4v) is 9.89. The first-order valence-electron chi connectivity index (χ1n) is 13.2. The van der Waals surface area contributed by atoms with Gasteiger partial charge in [-0.2, -0.15) is 4.31 Å². The van der Waals surface area contributed by atoms with Gasteiger partial charge < -0.3 is 14.5 Å². The summed E-state index contributed by atoms with van der Waals surface area (Å²) in [7, 11) is -3.51. The number of benzene rings is 1. The summed E-state index contributed by atoms with van der Waals surface area (Å²) in [6, 6.07) is 13.0. The minimum atomic E-state index is -3.51. The molecule has 2 atom stereocenters. The molecule has 1 amide bonds. The Hall–Kier alpha value is -1.94. The van der Waals surface area contributed by atoms with Gasteiger partial charge in [-0.3, -0.25) is 0 Å². The third-order valence-corrected chi connectivity index (χ3v) is 12.1. The topological polar surface area (TPSA) is 70.2 Å². The first-order chi connectivity index (χ1) is 17.4. The van der Waals surface area contributed by atoms with Crippen LogP contribution >= 0.6 is 11.3 Å². The van der Waals surface area contributed by atoms with Crippen LogP contribution in [0.4, 0.5) is 4.79 Å². The number of thiophene rings is 1. The van der Waals surface area contributed by atoms with E-state index in [1.165, 1.54) is 16.9 Å². The van der Waals surface area contributed by atoms with Crippen molar-refractivity contribution in [3.8, 4) is 0 Å². The molecule has 1 spiro atoms. The van der Waals surface area contributed by atoms with E-state index in [0.29, 0.717) is 29.9 Å². The Morgan fingerprint density at radius 3 is 2.44 bits per heavy atom. The molecule has 7 nitrogen and oxygen atoms in total. The van der Waals surface area contributed by atoms with Gasteiger partial charge in [-0.15, -0.1) is 11.3 Å². The van der Waals surface area contributed by atoms with Crippen LogP contribution in [0.3, 0.4) is 0 Å². The number of nitrogens with zero attached hydrogens (tertiary/aromatic N) is 3. The van der Waals surface area contributed by atoms with Crippen molar-refractivity contribution >= 4 is 27.5 Å². The molecule has 1 aromatic heterocycles. The highest BCUT2D eigenvalue weighted by Crippen LogP contribution is 2.45. The van der Waals surface area contributed by atoms with Crippen molar-refractivity contribution in [1.29, 1.82) is 0 Å². The number of likely N-dealkylation sites (tertiary alicyclic amines) is 1. The number of piperidine rings is 2. The Balaban J connectivity index is 1.19. The first kappa shape index (κ1) is 24.4. The second kappa shape index (κ2) is 9.42. The van der Waals surface area contributed by atoms with Crippen LogP contribution in [0, 0.1) is 0 Å². The second-order valence-corrected chi connectivity index (χ2v) is 13.9. The van der Waals surface area contributed by atoms with Crippen LogP contribution in [0.25, 0.3) is 0 Å². The quantitative estimate of drug-likeness (QED) is 0.586. The zero-order valence-corrected chi connectivity index (χ0v) is 22.5. The zero-order valence-electron chi connectivity index (χ0n) is 20.8. The summed E-state index contributed by atoms with van der Waals surface area (Å²) >= 11 is 1.30. The number of amides is 1. The zero-order chi connectivity index (χ0) is 24.9. The van der Waals surface area contributed by atoms with Gasteiger partial charge in [-0.1, -0.05) is 30.3 Å². The summed E-state index contributed by atoms with van der Waals surface area (Å²) in [4.78, 5) is 17.1. The summed E-state index contributed by atoms with van der Waals surface area (Å²) in [5, 5.41) is 1.83. The van der Waals surface area contributed by atoms with E-state index in [9.17, 15) is 13.2 Å². The average Bonchev–Trinajstić information content (AvgIpc) is 3.52. The minimum Gasteiger partial charge on any atom is -0.450 e. The lowest BCUT2D eigenvalue weighted by Crippen LogP contribution is -2.57. The van der Waals surface area contributed by atoms with Gasteiger partial charge in [0.15, 0.2) is 0 Å². The summed E-state index contributed by atoms with van der Waals surface area (Å²) in [5.41, 5.74) is 2.32. The van der Waals surface area contributed by atoms with Gasteiger partial charge >= 0.3 is 6.09 Å². The fraction of sp³-hybridized carbons (Fsp3) is 0.593. The van der Waals surface area contributed by atoms with Gasteiger partial charge in [0.05, 0.1) is 6.61 Å². The monoisotopic (exact) mass is 529 g/mol. The van der Waals surface area contributed by atoms with Crippen LogP contribution in [-0.4, -0.2) is 73.0 Å². The van der Waals surface area contributed by atoms with E-state index in [-0.39, 0.29) is 23.6 Å². The van der Waals surface area contributed by atoms with Crippen molar-refractivity contribution in [3.63, 3.8) is 0 Å². The third-order valence-electron chi connectivity index (χ3n) is 8.96. The Morgan fingerprint density at radius 1 is 1.06 bits per heavy atom. The van der Waals surface area contributed by atoms with Crippen LogP contribution in [0.1, 0.15) is 56.6 Å². The standard InChI is InChI=1S/C27H35N3O4S2/c1-2-34-26(31)30-21-9-10-22(30)17-23(16-21)28-13-11-27(12-14-28)19-29(18-20-6-3-4-7-24(20)27)36(32,33)25-8-5-15-35-25/h3-8,15,21-23H,2,9-14,16-19H2,1H3. The molecule has 194 valence electrons. The molecule has 3 saturated heterocycles. The maximum Gasteiger partial charge on any atom is 0.410 e. The average molecular weight is 530 g/mol. The third kappa shape index (κ3) is 4.08. The highest BCUT2D eigenvalue weighted by Gasteiger charge is 2.49. The fourth-order valence-electron chi connectivity index (χ4n) is 7.24. The van der Waals surface area contributed by atoms with Crippen molar-refractivity contribution < 1.29 is 17.9 Å². The molecular weight excluding hydrogens is 494 g/mol. The summed E-state index contributed by atoms with van der Waals surface area (Å²) < 4.78 is 34.5. The molecule has 4 aliphatic rings. The van der Waals surface area contributed by atoms with Crippen molar-refractivity contribution in [2.24, 2.45) is 0 Å². The Morgan fingerprint density at radius 2 is 1.78 bits per heavy atom. The SMILES string of the molecule is CCOC(=O)N1C2CCC1CC(N1CCC3(CC1)CN(S(=O)(=O)c1cccs1)Cc1ccccc13)C2. The van der Waals surface area contributed by atoms with Crippen molar-refractivity contribution in [2.75, 3.05) is 26.2 Å². The smallest absolute Gasteiger partial charge is 0.410 e. The number of hydrogen-bond acceptors (Lipinski definition) is 6. The van der Waals surface area contributed by atoms with E-state index in [2.05, 4.69) is 23.1 Å². The number of carbonyl (C=O) groups excluding carboxylic acids is 1. The van der Waals surface area contributed by atoms with E-state index >= 15 is 0 Å². The molecule has 2 bridgehead atoms. The van der Waals surface area contributed by atoms with Gasteiger partial charge in [-0.25, -0.2) is 13.2 Å². The van der Waals surface area contributed by atoms with Gasteiger partial charge in [0.1, 0.15) is 4.21 Å². The van der Waals surface area contributed by atoms with Crippen molar-refractivity contribution in [1.82, 2.24) is 14.1 Å². The molecule has 2 aromatic rings. The minimum absolute atomic E-state index is 0.146. The van der Waals surface area contributed by atoms with E-state index in [4.69, 9.17) is 4.74 Å². The molecular formula is C27H35N3O4S2. The molecule has 2 unspecified atom stereocenters. The van der Waals surface area contributed by atoms with E-state index in [1.54, 1.807) is 10.4 Å². The predicted octanol–water partition coefficient (Wildman–Crippen LogP) is 4.44. The Labute approximate surface area is 218 Å². The number of sulfonamides is 1. The lowest BCUT2D eigenvalue weighted by atomic mass is 9.69. The molecule has 0 radical (unpaired) electrons. The van der Waals surface area contributed by atoms with Gasteiger partial charge in [0.25, 0.3) is 10.0 Å². The number of fused-ring (bicyclic) bond motifs is 4. The number of ether oxygens (including phenoxy) is 1. The molecule has 6 rings (SSSR count).